The first-order chi connectivity index (χ1) is 17.3. The summed E-state index contributed by atoms with van der Waals surface area (Å²) in [5, 5.41) is 21.6. The van der Waals surface area contributed by atoms with Crippen molar-refractivity contribution in [3.05, 3.63) is 107 Å². The van der Waals surface area contributed by atoms with Crippen molar-refractivity contribution in [3.8, 4) is 0 Å². The van der Waals surface area contributed by atoms with Crippen molar-refractivity contribution in [2.45, 2.75) is 57.0 Å². The molecular formula is C32H39NO3. The van der Waals surface area contributed by atoms with Gasteiger partial charge in [-0.05, 0) is 53.9 Å². The summed E-state index contributed by atoms with van der Waals surface area (Å²) in [6.45, 7) is 5.53. The number of aryl methyl sites for hydroxylation is 1. The van der Waals surface area contributed by atoms with E-state index in [1.54, 1.807) is 0 Å². The van der Waals surface area contributed by atoms with Crippen LogP contribution in [0.3, 0.4) is 0 Å². The lowest BCUT2D eigenvalue weighted by molar-refractivity contribution is -0.134. The van der Waals surface area contributed by atoms with E-state index in [9.17, 15) is 15.0 Å². The second-order valence-corrected chi connectivity index (χ2v) is 10.7. The maximum absolute atomic E-state index is 12.9. The number of aliphatic hydroxyl groups excluding tert-OH is 1. The van der Waals surface area contributed by atoms with Gasteiger partial charge < -0.3 is 15.1 Å². The lowest BCUT2D eigenvalue weighted by atomic mass is 9.72. The predicted molar refractivity (Wildman–Crippen MR) is 145 cm³/mol. The van der Waals surface area contributed by atoms with E-state index in [1.165, 1.54) is 5.56 Å². The third-order valence-electron chi connectivity index (χ3n) is 7.85. The number of carbonyl (C=O) groups is 1. The van der Waals surface area contributed by atoms with Crippen LogP contribution in [0.25, 0.3) is 0 Å². The maximum atomic E-state index is 12.9. The van der Waals surface area contributed by atoms with Gasteiger partial charge in [-0.3, -0.25) is 4.79 Å². The molecule has 1 heterocycles. The maximum Gasteiger partial charge on any atom is 0.222 e. The minimum Gasteiger partial charge on any atom is -0.395 e. The monoisotopic (exact) mass is 485 g/mol. The summed E-state index contributed by atoms with van der Waals surface area (Å²) in [6, 6.07) is 28.2. The number of aliphatic hydroxyl groups is 2. The van der Waals surface area contributed by atoms with Gasteiger partial charge in [0.15, 0.2) is 0 Å². The molecule has 0 radical (unpaired) electrons. The third kappa shape index (κ3) is 5.71. The topological polar surface area (TPSA) is 60.8 Å². The number of carbonyl (C=O) groups excluding carboxylic acids is 1. The first-order valence-corrected chi connectivity index (χ1v) is 13.2. The molecule has 2 N–H and O–H groups in total. The fourth-order valence-corrected chi connectivity index (χ4v) is 5.38. The lowest BCUT2D eigenvalue weighted by Gasteiger charge is -2.42. The molecule has 0 bridgehead atoms. The normalized spacial score (nSPS) is 15.2. The zero-order chi connectivity index (χ0) is 25.6. The second-order valence-electron chi connectivity index (χ2n) is 10.7. The summed E-state index contributed by atoms with van der Waals surface area (Å²) in [7, 11) is 0. The quantitative estimate of drug-likeness (QED) is 0.423. The number of benzene rings is 3. The van der Waals surface area contributed by atoms with Gasteiger partial charge in [0.1, 0.15) is 5.60 Å². The Hall–Kier alpha value is -2.95. The lowest BCUT2D eigenvalue weighted by Crippen LogP contribution is -2.46. The number of hydrogen-bond donors (Lipinski definition) is 2. The van der Waals surface area contributed by atoms with E-state index >= 15 is 0 Å². The van der Waals surface area contributed by atoms with Crippen molar-refractivity contribution in [2.24, 2.45) is 5.92 Å². The van der Waals surface area contributed by atoms with Gasteiger partial charge in [0.05, 0.1) is 6.61 Å². The Labute approximate surface area is 215 Å². The number of likely N-dealkylation sites (tertiary alicyclic amines) is 1. The van der Waals surface area contributed by atoms with Crippen LogP contribution in [-0.2, 0) is 22.2 Å². The van der Waals surface area contributed by atoms with Crippen molar-refractivity contribution in [1.29, 1.82) is 0 Å². The highest BCUT2D eigenvalue weighted by Gasteiger charge is 2.41. The molecule has 1 fully saturated rings. The van der Waals surface area contributed by atoms with Crippen LogP contribution in [0.15, 0.2) is 84.9 Å². The van der Waals surface area contributed by atoms with Crippen LogP contribution in [0, 0.1) is 5.92 Å². The van der Waals surface area contributed by atoms with Gasteiger partial charge in [-0.1, -0.05) is 98.8 Å². The number of amides is 1. The Balaban J connectivity index is 1.33. The average Bonchev–Trinajstić information content (AvgIpc) is 2.94. The molecule has 36 heavy (non-hydrogen) atoms. The van der Waals surface area contributed by atoms with Crippen molar-refractivity contribution >= 4 is 5.91 Å². The minimum absolute atomic E-state index is 0.0491. The number of nitrogens with zero attached hydrogens (tertiary/aromatic N) is 1. The zero-order valence-electron chi connectivity index (χ0n) is 21.6. The fourth-order valence-electron chi connectivity index (χ4n) is 5.38. The SMILES string of the molecule is CC(C)(CO)c1ccc(CCCC(=O)N2CCC(C(O)(c3ccccc3)c3ccccc3)CC2)cc1. The molecule has 0 unspecified atom stereocenters. The van der Waals surface area contributed by atoms with E-state index in [-0.39, 0.29) is 23.8 Å². The van der Waals surface area contributed by atoms with Crippen molar-refractivity contribution in [2.75, 3.05) is 19.7 Å². The Morgan fingerprint density at radius 2 is 1.36 bits per heavy atom. The summed E-state index contributed by atoms with van der Waals surface area (Å²) < 4.78 is 0. The number of rotatable bonds is 9. The highest BCUT2D eigenvalue weighted by atomic mass is 16.3. The van der Waals surface area contributed by atoms with Gasteiger partial charge in [0, 0.05) is 24.9 Å². The van der Waals surface area contributed by atoms with Crippen LogP contribution < -0.4 is 0 Å². The van der Waals surface area contributed by atoms with Crippen LogP contribution >= 0.6 is 0 Å². The summed E-state index contributed by atoms with van der Waals surface area (Å²) in [5.41, 5.74) is 2.86. The van der Waals surface area contributed by atoms with E-state index in [0.717, 1.165) is 42.4 Å². The molecule has 0 aliphatic carbocycles. The molecule has 1 aliphatic rings. The molecule has 1 saturated heterocycles. The van der Waals surface area contributed by atoms with Crippen LogP contribution in [0.4, 0.5) is 0 Å². The highest BCUT2D eigenvalue weighted by molar-refractivity contribution is 5.76. The number of piperidine rings is 1. The van der Waals surface area contributed by atoms with E-state index in [4.69, 9.17) is 0 Å². The molecule has 1 aliphatic heterocycles. The van der Waals surface area contributed by atoms with Crippen LogP contribution in [0.1, 0.15) is 61.8 Å². The molecule has 4 rings (SSSR count). The smallest absolute Gasteiger partial charge is 0.222 e. The van der Waals surface area contributed by atoms with E-state index in [0.29, 0.717) is 19.5 Å². The Morgan fingerprint density at radius 1 is 0.833 bits per heavy atom. The van der Waals surface area contributed by atoms with Gasteiger partial charge in [0.2, 0.25) is 5.91 Å². The van der Waals surface area contributed by atoms with Gasteiger partial charge in [-0.2, -0.15) is 0 Å². The molecular weight excluding hydrogens is 446 g/mol. The van der Waals surface area contributed by atoms with Gasteiger partial charge >= 0.3 is 0 Å². The molecule has 0 aromatic heterocycles. The van der Waals surface area contributed by atoms with Crippen LogP contribution in [-0.4, -0.2) is 40.7 Å². The fraction of sp³-hybridized carbons (Fsp3) is 0.406. The van der Waals surface area contributed by atoms with Gasteiger partial charge in [-0.25, -0.2) is 0 Å². The molecule has 0 atom stereocenters. The van der Waals surface area contributed by atoms with Crippen molar-refractivity contribution in [3.63, 3.8) is 0 Å². The predicted octanol–water partition coefficient (Wildman–Crippen LogP) is 5.45. The summed E-state index contributed by atoms with van der Waals surface area (Å²) in [6.07, 6.45) is 3.77. The van der Waals surface area contributed by atoms with E-state index < -0.39 is 5.60 Å². The Bertz CT molecular complexity index is 1060. The van der Waals surface area contributed by atoms with Crippen molar-refractivity contribution < 1.29 is 15.0 Å². The molecule has 3 aromatic rings. The highest BCUT2D eigenvalue weighted by Crippen LogP contribution is 2.42. The van der Waals surface area contributed by atoms with Gasteiger partial charge in [0.25, 0.3) is 0 Å². The minimum atomic E-state index is -1.06. The molecule has 4 nitrogen and oxygen atoms in total. The van der Waals surface area contributed by atoms with Crippen molar-refractivity contribution in [1.82, 2.24) is 4.90 Å². The summed E-state index contributed by atoms with van der Waals surface area (Å²) in [4.78, 5) is 14.9. The van der Waals surface area contributed by atoms with Gasteiger partial charge in [-0.15, -0.1) is 0 Å². The largest absolute Gasteiger partial charge is 0.395 e. The molecule has 3 aromatic carbocycles. The third-order valence-corrected chi connectivity index (χ3v) is 7.85. The van der Waals surface area contributed by atoms with Crippen LogP contribution in [0.2, 0.25) is 0 Å². The van der Waals surface area contributed by atoms with E-state index in [1.807, 2.05) is 79.4 Å². The first-order valence-electron chi connectivity index (χ1n) is 13.2. The molecule has 190 valence electrons. The Kier molecular flexibility index (Phi) is 8.28. The second kappa shape index (κ2) is 11.4. The summed E-state index contributed by atoms with van der Waals surface area (Å²) in [5.74, 6) is 0.252. The molecule has 4 heteroatoms. The Morgan fingerprint density at radius 3 is 1.86 bits per heavy atom. The molecule has 1 amide bonds. The summed E-state index contributed by atoms with van der Waals surface area (Å²) >= 11 is 0. The molecule has 0 saturated carbocycles. The van der Waals surface area contributed by atoms with Crippen LogP contribution in [0.5, 0.6) is 0 Å². The zero-order valence-corrected chi connectivity index (χ0v) is 21.6. The number of hydrogen-bond acceptors (Lipinski definition) is 3. The average molecular weight is 486 g/mol. The first kappa shape index (κ1) is 26.1. The van der Waals surface area contributed by atoms with E-state index in [2.05, 4.69) is 24.3 Å². The molecule has 0 spiro atoms. The standard InChI is InChI=1S/C32H39NO3/c1-31(2,24-34)26-18-16-25(17-19-26)10-9-15-30(35)33-22-20-29(21-23-33)32(36,27-11-5-3-6-12-27)28-13-7-4-8-14-28/h3-8,11-14,16-19,29,34,36H,9-10,15,20-24H2,1-2H3.